The van der Waals surface area contributed by atoms with E-state index in [2.05, 4.69) is 36.0 Å². The number of carbonyl (C=O) groups is 1. The van der Waals surface area contributed by atoms with Crippen molar-refractivity contribution in [2.75, 3.05) is 34.0 Å². The molecule has 0 bridgehead atoms. The summed E-state index contributed by atoms with van der Waals surface area (Å²) in [6, 6.07) is 21.4. The van der Waals surface area contributed by atoms with Gasteiger partial charge in [0.2, 0.25) is 5.79 Å². The summed E-state index contributed by atoms with van der Waals surface area (Å²) in [6.07, 6.45) is 10.4. The summed E-state index contributed by atoms with van der Waals surface area (Å²) in [7, 11) is 3.12. The van der Waals surface area contributed by atoms with Gasteiger partial charge in [-0.15, -0.1) is 18.3 Å². The van der Waals surface area contributed by atoms with Crippen LogP contribution < -0.4 is 14.2 Å². The van der Waals surface area contributed by atoms with Crippen LogP contribution in [0.25, 0.3) is 0 Å². The monoisotopic (exact) mass is 727 g/mol. The zero-order chi connectivity index (χ0) is 36.5. The first-order valence-electron chi connectivity index (χ1n) is 18.1. The summed E-state index contributed by atoms with van der Waals surface area (Å²) in [5.74, 6) is 1.27. The van der Waals surface area contributed by atoms with E-state index in [0.717, 1.165) is 65.9 Å². The fraction of sp³-hybridized carbons (Fsp3) is 0.429. The summed E-state index contributed by atoms with van der Waals surface area (Å²) < 4.78 is 26.0. The van der Waals surface area contributed by atoms with Gasteiger partial charge in [0.1, 0.15) is 30.1 Å². The molecule has 3 aromatic rings. The Morgan fingerprint density at radius 2 is 1.73 bits per heavy atom. The molecule has 1 aliphatic heterocycles. The fourth-order valence-corrected chi connectivity index (χ4v) is 9.58. The molecule has 6 atom stereocenters. The SMILES string of the molecule is C=CCOC12Oc3ccc(Oc4ccc(OC)c(C=O)c4)cc3C3C(CCCCO)C(CCCCO)C=C(C(=NOC)CC1Sc1ccccc1)C32. The molecule has 1 saturated carbocycles. The standard InChI is InChI=1S/C42H49NO8S/c1-4-22-49-42-39(52-32-13-6-5-7-14-32)26-36(43-48-3)34-24-28(12-8-10-20-44)33(15-9-11-21-45)40(41(34)42)35-25-31(17-19-38(35)51-42)50-30-16-18-37(47-2)29(23-30)27-46/h4-7,13-14,16-19,23-25,27-28,33,39-41,44-45H,1,8-12,15,20-22,26H2,2-3H3. The largest absolute Gasteiger partial charge is 0.496 e. The van der Waals surface area contributed by atoms with E-state index in [1.807, 2.05) is 30.3 Å². The molecule has 2 aliphatic carbocycles. The third-order valence-corrected chi connectivity index (χ3v) is 11.7. The van der Waals surface area contributed by atoms with Crippen LogP contribution in [0.1, 0.15) is 66.8 Å². The number of benzene rings is 3. The van der Waals surface area contributed by atoms with Crippen LogP contribution in [0, 0.1) is 17.8 Å². The van der Waals surface area contributed by atoms with Crippen molar-refractivity contribution in [1.29, 1.82) is 0 Å². The number of rotatable bonds is 18. The van der Waals surface area contributed by atoms with E-state index in [9.17, 15) is 15.0 Å². The van der Waals surface area contributed by atoms with E-state index in [-0.39, 0.29) is 42.1 Å². The maximum absolute atomic E-state index is 11.8. The van der Waals surface area contributed by atoms with Gasteiger partial charge in [-0.2, -0.15) is 0 Å². The summed E-state index contributed by atoms with van der Waals surface area (Å²) in [5.41, 5.74) is 3.36. The van der Waals surface area contributed by atoms with Crippen molar-refractivity contribution in [2.45, 2.75) is 66.8 Å². The Morgan fingerprint density at radius 1 is 0.981 bits per heavy atom. The van der Waals surface area contributed by atoms with E-state index in [0.29, 0.717) is 42.3 Å². The number of fused-ring (bicyclic) bond motifs is 2. The highest BCUT2D eigenvalue weighted by Gasteiger charge is 2.64. The zero-order valence-corrected chi connectivity index (χ0v) is 30.8. The number of hydrogen-bond donors (Lipinski definition) is 2. The van der Waals surface area contributed by atoms with Crippen LogP contribution in [0.15, 0.2) is 101 Å². The van der Waals surface area contributed by atoms with Crippen molar-refractivity contribution in [1.82, 2.24) is 0 Å². The lowest BCUT2D eigenvalue weighted by atomic mass is 9.56. The molecule has 0 amide bonds. The molecule has 9 nitrogen and oxygen atoms in total. The Morgan fingerprint density at radius 3 is 2.44 bits per heavy atom. The van der Waals surface area contributed by atoms with Gasteiger partial charge < -0.3 is 34.0 Å². The van der Waals surface area contributed by atoms with Gasteiger partial charge in [0, 0.05) is 36.0 Å². The molecule has 1 heterocycles. The van der Waals surface area contributed by atoms with E-state index in [1.54, 1.807) is 43.1 Å². The molecule has 0 radical (unpaired) electrons. The highest BCUT2D eigenvalue weighted by Crippen LogP contribution is 2.63. The summed E-state index contributed by atoms with van der Waals surface area (Å²) in [4.78, 5) is 18.4. The molecule has 3 aliphatic rings. The maximum atomic E-state index is 11.8. The van der Waals surface area contributed by atoms with Gasteiger partial charge >= 0.3 is 0 Å². The Labute approximate surface area is 310 Å². The first-order valence-corrected chi connectivity index (χ1v) is 19.0. The minimum Gasteiger partial charge on any atom is -0.496 e. The third-order valence-electron chi connectivity index (χ3n) is 10.4. The van der Waals surface area contributed by atoms with Crippen LogP contribution in [-0.4, -0.2) is 67.3 Å². The number of aliphatic hydroxyl groups is 2. The van der Waals surface area contributed by atoms with Crippen molar-refractivity contribution in [2.24, 2.45) is 22.9 Å². The predicted octanol–water partition coefficient (Wildman–Crippen LogP) is 8.36. The average molecular weight is 728 g/mol. The number of thioether (sulfide) groups is 1. The molecule has 2 N–H and O–H groups in total. The highest BCUT2D eigenvalue weighted by molar-refractivity contribution is 8.00. The molecule has 3 aromatic carbocycles. The van der Waals surface area contributed by atoms with E-state index in [1.165, 1.54) is 7.11 Å². The summed E-state index contributed by atoms with van der Waals surface area (Å²) >= 11 is 1.72. The molecule has 52 heavy (non-hydrogen) atoms. The number of ether oxygens (including phenoxy) is 4. The third kappa shape index (κ3) is 7.81. The average Bonchev–Trinajstić information content (AvgIpc) is 3.17. The van der Waals surface area contributed by atoms with Crippen LogP contribution >= 0.6 is 11.8 Å². The number of unbranched alkanes of at least 4 members (excludes halogenated alkanes) is 2. The summed E-state index contributed by atoms with van der Waals surface area (Å²) in [6.45, 7) is 4.58. The highest BCUT2D eigenvalue weighted by atomic mass is 32.2. The molecule has 0 saturated heterocycles. The van der Waals surface area contributed by atoms with Crippen molar-refractivity contribution < 1.29 is 38.8 Å². The first-order chi connectivity index (χ1) is 25.5. The van der Waals surface area contributed by atoms with Crippen molar-refractivity contribution in [3.63, 3.8) is 0 Å². The minimum absolute atomic E-state index is 0.0717. The molecule has 1 fully saturated rings. The number of aliphatic hydroxyl groups excluding tert-OH is 2. The Balaban J connectivity index is 1.53. The number of methoxy groups -OCH3 is 1. The Kier molecular flexibility index (Phi) is 12.8. The van der Waals surface area contributed by atoms with Crippen LogP contribution in [0.4, 0.5) is 0 Å². The fourth-order valence-electron chi connectivity index (χ4n) is 8.27. The van der Waals surface area contributed by atoms with Gasteiger partial charge in [0.05, 0.1) is 36.2 Å². The molecular formula is C42H49NO8S. The first kappa shape index (κ1) is 37.7. The molecular weight excluding hydrogens is 679 g/mol. The molecule has 10 heteroatoms. The topological polar surface area (TPSA) is 116 Å². The van der Waals surface area contributed by atoms with Gasteiger partial charge in [0.25, 0.3) is 0 Å². The van der Waals surface area contributed by atoms with E-state index < -0.39 is 5.79 Å². The predicted molar refractivity (Wildman–Crippen MR) is 203 cm³/mol. The number of hydrogen-bond acceptors (Lipinski definition) is 10. The van der Waals surface area contributed by atoms with Crippen LogP contribution in [-0.2, 0) is 9.57 Å². The van der Waals surface area contributed by atoms with Crippen LogP contribution in [0.5, 0.6) is 23.0 Å². The molecule has 276 valence electrons. The number of carbonyl (C=O) groups excluding carboxylic acids is 1. The van der Waals surface area contributed by atoms with Gasteiger partial charge in [-0.25, -0.2) is 0 Å². The molecule has 6 unspecified atom stereocenters. The molecule has 0 spiro atoms. The number of allylic oxidation sites excluding steroid dienone is 1. The van der Waals surface area contributed by atoms with Gasteiger partial charge in [-0.05, 0) is 91.6 Å². The zero-order valence-electron chi connectivity index (χ0n) is 29.9. The summed E-state index contributed by atoms with van der Waals surface area (Å²) in [5, 5.41) is 24.0. The number of aldehydes is 1. The second-order valence-electron chi connectivity index (χ2n) is 13.5. The van der Waals surface area contributed by atoms with Gasteiger partial charge in [-0.3, -0.25) is 4.79 Å². The Bertz CT molecular complexity index is 1740. The number of nitrogens with zero attached hydrogens (tertiary/aromatic N) is 1. The van der Waals surface area contributed by atoms with Gasteiger partial charge in [0.15, 0.2) is 6.29 Å². The van der Waals surface area contributed by atoms with E-state index >= 15 is 0 Å². The molecule has 0 aromatic heterocycles. The smallest absolute Gasteiger partial charge is 0.231 e. The van der Waals surface area contributed by atoms with Crippen LogP contribution in [0.3, 0.4) is 0 Å². The Hall–Kier alpha value is -4.09. The normalized spacial score (nSPS) is 25.3. The minimum atomic E-state index is -1.08. The molecule has 6 rings (SSSR count). The van der Waals surface area contributed by atoms with Crippen molar-refractivity contribution in [3.05, 3.63) is 102 Å². The second-order valence-corrected chi connectivity index (χ2v) is 14.8. The lowest BCUT2D eigenvalue weighted by molar-refractivity contribution is -0.223. The second kappa shape index (κ2) is 17.6. The van der Waals surface area contributed by atoms with Crippen LogP contribution in [0.2, 0.25) is 0 Å². The lowest BCUT2D eigenvalue weighted by Crippen LogP contribution is -2.64. The maximum Gasteiger partial charge on any atom is 0.231 e. The van der Waals surface area contributed by atoms with E-state index in [4.69, 9.17) is 23.8 Å². The van der Waals surface area contributed by atoms with Crippen molar-refractivity contribution in [3.8, 4) is 23.0 Å². The quantitative estimate of drug-likeness (QED) is 0.0577. The van der Waals surface area contributed by atoms with Gasteiger partial charge in [-0.1, -0.05) is 48.3 Å². The van der Waals surface area contributed by atoms with Crippen molar-refractivity contribution >= 4 is 23.8 Å². The number of oxime groups is 1. The lowest BCUT2D eigenvalue weighted by Gasteiger charge is -2.58.